The van der Waals surface area contributed by atoms with Crippen molar-refractivity contribution in [1.29, 1.82) is 0 Å². The fourth-order valence-electron chi connectivity index (χ4n) is 2.53. The molecule has 22 heavy (non-hydrogen) atoms. The number of hydrogen-bond acceptors (Lipinski definition) is 4. The van der Waals surface area contributed by atoms with Crippen molar-refractivity contribution in [3.63, 3.8) is 0 Å². The second-order valence-corrected chi connectivity index (χ2v) is 5.31. The van der Waals surface area contributed by atoms with Gasteiger partial charge in [0, 0.05) is 5.69 Å². The predicted octanol–water partition coefficient (Wildman–Crippen LogP) is 2.61. The molecule has 2 aromatic heterocycles. The Kier molecular flexibility index (Phi) is 5.38. The van der Waals surface area contributed by atoms with Crippen LogP contribution in [0, 0.1) is 6.92 Å². The molecule has 0 bridgehead atoms. The zero-order valence-corrected chi connectivity index (χ0v) is 13.2. The molecule has 0 saturated heterocycles. The van der Waals surface area contributed by atoms with E-state index in [1.165, 1.54) is 6.26 Å². The van der Waals surface area contributed by atoms with Crippen molar-refractivity contribution in [1.82, 2.24) is 15.1 Å². The van der Waals surface area contributed by atoms with Crippen LogP contribution in [0.4, 0.5) is 0 Å². The van der Waals surface area contributed by atoms with E-state index in [0.717, 1.165) is 18.5 Å². The lowest BCUT2D eigenvalue weighted by molar-refractivity contribution is 0.0901. The standard InChI is InChI=1S/C16H23N3O3/c1-4-12(5-2)19-11(3)9-13(18-19)16(21)17-14(10-20)15-7-6-8-22-15/h6-9,12,14,20H,4-5,10H2,1-3H3,(H,17,21). The maximum absolute atomic E-state index is 12.3. The molecule has 2 heterocycles. The largest absolute Gasteiger partial charge is 0.467 e. The van der Waals surface area contributed by atoms with Crippen LogP contribution in [-0.4, -0.2) is 27.4 Å². The van der Waals surface area contributed by atoms with Crippen LogP contribution in [0.25, 0.3) is 0 Å². The molecule has 0 radical (unpaired) electrons. The van der Waals surface area contributed by atoms with Crippen LogP contribution in [0.15, 0.2) is 28.9 Å². The normalized spacial score (nSPS) is 12.6. The summed E-state index contributed by atoms with van der Waals surface area (Å²) in [5.41, 5.74) is 1.31. The van der Waals surface area contributed by atoms with Gasteiger partial charge in [-0.2, -0.15) is 5.10 Å². The first-order valence-corrected chi connectivity index (χ1v) is 7.61. The molecule has 0 aliphatic rings. The predicted molar refractivity (Wildman–Crippen MR) is 82.6 cm³/mol. The third-order valence-electron chi connectivity index (χ3n) is 3.82. The Labute approximate surface area is 130 Å². The summed E-state index contributed by atoms with van der Waals surface area (Å²) in [4.78, 5) is 12.3. The number of amides is 1. The van der Waals surface area contributed by atoms with E-state index in [1.807, 2.05) is 11.6 Å². The van der Waals surface area contributed by atoms with Crippen LogP contribution >= 0.6 is 0 Å². The fourth-order valence-corrected chi connectivity index (χ4v) is 2.53. The molecule has 0 aliphatic heterocycles. The Balaban J connectivity index is 2.14. The molecule has 6 nitrogen and oxygen atoms in total. The second kappa shape index (κ2) is 7.26. The minimum absolute atomic E-state index is 0.231. The van der Waals surface area contributed by atoms with E-state index in [-0.39, 0.29) is 12.5 Å². The van der Waals surface area contributed by atoms with Gasteiger partial charge < -0.3 is 14.8 Å². The minimum atomic E-state index is -0.568. The first kappa shape index (κ1) is 16.3. The SMILES string of the molecule is CCC(CC)n1nc(C(=O)NC(CO)c2ccco2)cc1C. The van der Waals surface area contributed by atoms with Gasteiger partial charge in [0.15, 0.2) is 0 Å². The number of aliphatic hydroxyl groups is 1. The Hall–Kier alpha value is -2.08. The van der Waals surface area contributed by atoms with Gasteiger partial charge in [-0.3, -0.25) is 9.48 Å². The Morgan fingerprint density at radius 2 is 2.18 bits per heavy atom. The van der Waals surface area contributed by atoms with Gasteiger partial charge in [-0.1, -0.05) is 13.8 Å². The van der Waals surface area contributed by atoms with Crippen LogP contribution in [-0.2, 0) is 0 Å². The number of carbonyl (C=O) groups excluding carboxylic acids is 1. The highest BCUT2D eigenvalue weighted by Gasteiger charge is 2.21. The van der Waals surface area contributed by atoms with E-state index < -0.39 is 6.04 Å². The average molecular weight is 305 g/mol. The minimum Gasteiger partial charge on any atom is -0.467 e. The molecular formula is C16H23N3O3. The molecule has 0 aliphatic carbocycles. The van der Waals surface area contributed by atoms with Gasteiger partial charge in [-0.15, -0.1) is 0 Å². The van der Waals surface area contributed by atoms with Gasteiger partial charge in [0.1, 0.15) is 17.5 Å². The highest BCUT2D eigenvalue weighted by Crippen LogP contribution is 2.19. The number of nitrogens with zero attached hydrogens (tertiary/aromatic N) is 2. The van der Waals surface area contributed by atoms with Gasteiger partial charge in [-0.25, -0.2) is 0 Å². The first-order valence-electron chi connectivity index (χ1n) is 7.61. The van der Waals surface area contributed by atoms with E-state index >= 15 is 0 Å². The summed E-state index contributed by atoms with van der Waals surface area (Å²) in [5, 5.41) is 16.6. The molecule has 0 fully saturated rings. The summed E-state index contributed by atoms with van der Waals surface area (Å²) in [6.07, 6.45) is 3.44. The van der Waals surface area contributed by atoms with E-state index in [0.29, 0.717) is 17.5 Å². The Bertz CT molecular complexity index is 600. The van der Waals surface area contributed by atoms with Crippen molar-refractivity contribution in [2.24, 2.45) is 0 Å². The lowest BCUT2D eigenvalue weighted by Gasteiger charge is -2.15. The van der Waals surface area contributed by atoms with Crippen LogP contribution < -0.4 is 5.32 Å². The molecule has 2 rings (SSSR count). The summed E-state index contributed by atoms with van der Waals surface area (Å²) in [5.74, 6) is 0.204. The number of carbonyl (C=O) groups is 1. The van der Waals surface area contributed by atoms with E-state index in [2.05, 4.69) is 24.3 Å². The Morgan fingerprint density at radius 3 is 2.73 bits per heavy atom. The monoisotopic (exact) mass is 305 g/mol. The highest BCUT2D eigenvalue weighted by molar-refractivity contribution is 5.92. The summed E-state index contributed by atoms with van der Waals surface area (Å²) in [7, 11) is 0. The average Bonchev–Trinajstić information content (AvgIpc) is 3.16. The molecule has 1 unspecified atom stereocenters. The molecule has 6 heteroatoms. The number of aryl methyl sites for hydroxylation is 1. The number of rotatable bonds is 7. The molecule has 120 valence electrons. The van der Waals surface area contributed by atoms with Gasteiger partial charge >= 0.3 is 0 Å². The molecule has 0 aromatic carbocycles. The summed E-state index contributed by atoms with van der Waals surface area (Å²) >= 11 is 0. The maximum Gasteiger partial charge on any atom is 0.272 e. The molecule has 0 saturated carbocycles. The van der Waals surface area contributed by atoms with Crippen LogP contribution in [0.2, 0.25) is 0 Å². The van der Waals surface area contributed by atoms with Crippen molar-refractivity contribution in [2.45, 2.75) is 45.7 Å². The number of nitrogens with one attached hydrogen (secondary N) is 1. The smallest absolute Gasteiger partial charge is 0.272 e. The third-order valence-corrected chi connectivity index (χ3v) is 3.82. The number of hydrogen-bond donors (Lipinski definition) is 2. The van der Waals surface area contributed by atoms with Crippen LogP contribution in [0.3, 0.4) is 0 Å². The van der Waals surface area contributed by atoms with E-state index in [1.54, 1.807) is 18.2 Å². The van der Waals surface area contributed by atoms with Gasteiger partial charge in [0.25, 0.3) is 5.91 Å². The highest BCUT2D eigenvalue weighted by atomic mass is 16.3. The van der Waals surface area contributed by atoms with Gasteiger partial charge in [0.2, 0.25) is 0 Å². The molecule has 0 spiro atoms. The molecule has 1 atom stereocenters. The van der Waals surface area contributed by atoms with Crippen molar-refractivity contribution < 1.29 is 14.3 Å². The zero-order chi connectivity index (χ0) is 16.1. The zero-order valence-electron chi connectivity index (χ0n) is 13.2. The lowest BCUT2D eigenvalue weighted by atomic mass is 10.2. The van der Waals surface area contributed by atoms with Crippen LogP contribution in [0.1, 0.15) is 60.7 Å². The quantitative estimate of drug-likeness (QED) is 0.824. The van der Waals surface area contributed by atoms with E-state index in [9.17, 15) is 9.90 Å². The number of aromatic nitrogens is 2. The van der Waals surface area contributed by atoms with Crippen LogP contribution in [0.5, 0.6) is 0 Å². The topological polar surface area (TPSA) is 80.3 Å². The van der Waals surface area contributed by atoms with Gasteiger partial charge in [0.05, 0.1) is 18.9 Å². The summed E-state index contributed by atoms with van der Waals surface area (Å²) in [6, 6.07) is 4.93. The van der Waals surface area contributed by atoms with Crippen molar-refractivity contribution in [2.75, 3.05) is 6.61 Å². The Morgan fingerprint density at radius 1 is 1.45 bits per heavy atom. The number of aliphatic hydroxyl groups excluding tert-OH is 1. The third kappa shape index (κ3) is 3.39. The molecule has 2 aromatic rings. The van der Waals surface area contributed by atoms with Crippen molar-refractivity contribution in [3.05, 3.63) is 41.6 Å². The van der Waals surface area contributed by atoms with Gasteiger partial charge in [-0.05, 0) is 38.0 Å². The number of furan rings is 1. The summed E-state index contributed by atoms with van der Waals surface area (Å²) < 4.78 is 7.12. The first-order chi connectivity index (χ1) is 10.6. The molecular weight excluding hydrogens is 282 g/mol. The van der Waals surface area contributed by atoms with Crippen molar-refractivity contribution in [3.8, 4) is 0 Å². The van der Waals surface area contributed by atoms with Crippen molar-refractivity contribution >= 4 is 5.91 Å². The second-order valence-electron chi connectivity index (χ2n) is 5.31. The maximum atomic E-state index is 12.3. The molecule has 1 amide bonds. The lowest BCUT2D eigenvalue weighted by Crippen LogP contribution is -2.31. The summed E-state index contributed by atoms with van der Waals surface area (Å²) in [6.45, 7) is 5.92. The molecule has 2 N–H and O–H groups in total. The van der Waals surface area contributed by atoms with E-state index in [4.69, 9.17) is 4.42 Å². The fraction of sp³-hybridized carbons (Fsp3) is 0.500.